The van der Waals surface area contributed by atoms with E-state index in [1.54, 1.807) is 11.3 Å². The van der Waals surface area contributed by atoms with E-state index >= 15 is 0 Å². The van der Waals surface area contributed by atoms with Gasteiger partial charge in [0.2, 0.25) is 0 Å². The van der Waals surface area contributed by atoms with E-state index in [4.69, 9.17) is 0 Å². The molecule has 2 aliphatic heterocycles. The highest BCUT2D eigenvalue weighted by Crippen LogP contribution is 2.31. The molecule has 1 aromatic rings. The lowest BCUT2D eigenvalue weighted by Crippen LogP contribution is -2.42. The van der Waals surface area contributed by atoms with Gasteiger partial charge in [-0.2, -0.15) is 11.8 Å². The van der Waals surface area contributed by atoms with Crippen LogP contribution in [0.4, 0.5) is 0 Å². The fourth-order valence-electron chi connectivity index (χ4n) is 2.48. The van der Waals surface area contributed by atoms with Crippen molar-refractivity contribution in [2.24, 2.45) is 0 Å². The molecular weight excluding hydrogens is 264 g/mol. The number of hydrogen-bond donors (Lipinski definition) is 2. The number of hydrogen-bond acceptors (Lipinski definition) is 4. The molecule has 0 bridgehead atoms. The maximum Gasteiger partial charge on any atom is 0.261 e. The molecule has 18 heavy (non-hydrogen) atoms. The molecule has 3 heterocycles. The van der Waals surface area contributed by atoms with Crippen molar-refractivity contribution in [2.45, 2.75) is 31.1 Å². The van der Waals surface area contributed by atoms with Crippen LogP contribution in [-0.2, 0) is 12.2 Å². The first-order valence-corrected chi connectivity index (χ1v) is 8.51. The summed E-state index contributed by atoms with van der Waals surface area (Å²) >= 11 is 3.66. The van der Waals surface area contributed by atoms with Gasteiger partial charge in [0, 0.05) is 16.7 Å². The zero-order valence-electron chi connectivity index (χ0n) is 10.3. The van der Waals surface area contributed by atoms with Crippen LogP contribution in [0, 0.1) is 0 Å². The lowest BCUT2D eigenvalue weighted by molar-refractivity contribution is 0.0933. The maximum absolute atomic E-state index is 12.2. The number of carbonyl (C=O) groups excluding carboxylic acids is 1. The number of nitrogens with one attached hydrogen (secondary N) is 2. The number of fused-ring (bicyclic) bond motifs is 1. The third-order valence-corrected chi connectivity index (χ3v) is 5.77. The van der Waals surface area contributed by atoms with Gasteiger partial charge in [0.05, 0.1) is 4.88 Å². The van der Waals surface area contributed by atoms with Crippen LogP contribution in [-0.4, -0.2) is 30.8 Å². The van der Waals surface area contributed by atoms with Gasteiger partial charge in [-0.15, -0.1) is 11.3 Å². The smallest absolute Gasteiger partial charge is 0.261 e. The van der Waals surface area contributed by atoms with Gasteiger partial charge in [0.1, 0.15) is 0 Å². The standard InChI is InChI=1S/C13H18N2OS2/c16-13(15-10-1-4-14-5-2-10)12-7-9-8-17-6-3-11(9)18-12/h7,10,14H,1-6,8H2,(H,15,16). The van der Waals surface area contributed by atoms with E-state index in [-0.39, 0.29) is 5.91 Å². The number of thioether (sulfide) groups is 1. The fourth-order valence-corrected chi connectivity index (χ4v) is 4.76. The summed E-state index contributed by atoms with van der Waals surface area (Å²) in [5.41, 5.74) is 1.38. The summed E-state index contributed by atoms with van der Waals surface area (Å²) in [6.45, 7) is 2.03. The highest BCUT2D eigenvalue weighted by Gasteiger charge is 2.20. The molecule has 3 nitrogen and oxygen atoms in total. The Bertz CT molecular complexity index is 415. The molecule has 0 spiro atoms. The Balaban J connectivity index is 1.66. The molecule has 0 atom stereocenters. The zero-order chi connectivity index (χ0) is 12.4. The maximum atomic E-state index is 12.2. The second kappa shape index (κ2) is 5.63. The summed E-state index contributed by atoms with van der Waals surface area (Å²) in [5, 5.41) is 6.49. The van der Waals surface area contributed by atoms with E-state index < -0.39 is 0 Å². The van der Waals surface area contributed by atoms with Gasteiger partial charge in [-0.3, -0.25) is 4.79 Å². The van der Waals surface area contributed by atoms with Crippen molar-refractivity contribution in [1.29, 1.82) is 0 Å². The molecule has 0 unspecified atom stereocenters. The molecular formula is C13H18N2OS2. The van der Waals surface area contributed by atoms with Crippen LogP contribution in [0.1, 0.15) is 33.0 Å². The Kier molecular flexibility index (Phi) is 3.91. The molecule has 0 radical (unpaired) electrons. The Hall–Kier alpha value is -0.520. The third-order valence-electron chi connectivity index (χ3n) is 3.53. The molecule has 1 aromatic heterocycles. The number of amides is 1. The quantitative estimate of drug-likeness (QED) is 0.872. The normalized spacial score (nSPS) is 20.4. The van der Waals surface area contributed by atoms with Gasteiger partial charge >= 0.3 is 0 Å². The lowest BCUT2D eigenvalue weighted by atomic mass is 10.1. The highest BCUT2D eigenvalue weighted by atomic mass is 32.2. The third kappa shape index (κ3) is 2.73. The van der Waals surface area contributed by atoms with Crippen molar-refractivity contribution in [3.8, 4) is 0 Å². The van der Waals surface area contributed by atoms with Gasteiger partial charge < -0.3 is 10.6 Å². The summed E-state index contributed by atoms with van der Waals surface area (Å²) in [6.07, 6.45) is 3.23. The first-order chi connectivity index (χ1) is 8.83. The molecule has 3 rings (SSSR count). The molecule has 2 N–H and O–H groups in total. The molecule has 0 aromatic carbocycles. The number of aryl methyl sites for hydroxylation is 1. The van der Waals surface area contributed by atoms with Gasteiger partial charge in [-0.25, -0.2) is 0 Å². The summed E-state index contributed by atoms with van der Waals surface area (Å²) < 4.78 is 0. The first-order valence-electron chi connectivity index (χ1n) is 6.54. The average Bonchev–Trinajstić information content (AvgIpc) is 2.84. The fraction of sp³-hybridized carbons (Fsp3) is 0.615. The predicted molar refractivity (Wildman–Crippen MR) is 77.5 cm³/mol. The minimum absolute atomic E-state index is 0.131. The Morgan fingerprint density at radius 2 is 2.22 bits per heavy atom. The molecule has 0 aliphatic carbocycles. The summed E-state index contributed by atoms with van der Waals surface area (Å²) in [6, 6.07) is 2.45. The number of rotatable bonds is 2. The molecule has 0 saturated carbocycles. The second-order valence-corrected chi connectivity index (χ2v) is 7.10. The van der Waals surface area contributed by atoms with Gasteiger partial charge in [0.15, 0.2) is 0 Å². The topological polar surface area (TPSA) is 41.1 Å². The van der Waals surface area contributed by atoms with Crippen LogP contribution in [0.2, 0.25) is 0 Å². The molecule has 5 heteroatoms. The molecule has 1 fully saturated rings. The first kappa shape index (κ1) is 12.5. The summed E-state index contributed by atoms with van der Waals surface area (Å²) in [7, 11) is 0. The molecule has 98 valence electrons. The highest BCUT2D eigenvalue weighted by molar-refractivity contribution is 7.98. The van der Waals surface area contributed by atoms with Crippen LogP contribution in [0.25, 0.3) is 0 Å². The van der Waals surface area contributed by atoms with Gasteiger partial charge in [0.25, 0.3) is 5.91 Å². The van der Waals surface area contributed by atoms with Gasteiger partial charge in [-0.1, -0.05) is 0 Å². The van der Waals surface area contributed by atoms with E-state index in [0.717, 1.165) is 43.0 Å². The van der Waals surface area contributed by atoms with E-state index in [2.05, 4.69) is 16.7 Å². The van der Waals surface area contributed by atoms with Crippen LogP contribution in [0.3, 0.4) is 0 Å². The van der Waals surface area contributed by atoms with Crippen molar-refractivity contribution in [3.05, 3.63) is 21.4 Å². The van der Waals surface area contributed by atoms with Crippen molar-refractivity contribution in [3.63, 3.8) is 0 Å². The zero-order valence-corrected chi connectivity index (χ0v) is 12.0. The van der Waals surface area contributed by atoms with E-state index in [1.807, 2.05) is 11.8 Å². The minimum atomic E-state index is 0.131. The Morgan fingerprint density at radius 3 is 3.00 bits per heavy atom. The largest absolute Gasteiger partial charge is 0.349 e. The second-order valence-electron chi connectivity index (χ2n) is 4.86. The molecule has 1 saturated heterocycles. The molecule has 1 amide bonds. The van der Waals surface area contributed by atoms with Crippen LogP contribution >= 0.6 is 23.1 Å². The number of thiophene rings is 1. The van der Waals surface area contributed by atoms with Gasteiger partial charge in [-0.05, 0) is 49.7 Å². The van der Waals surface area contributed by atoms with Crippen molar-refractivity contribution in [1.82, 2.24) is 10.6 Å². The Morgan fingerprint density at radius 1 is 1.39 bits per heavy atom. The average molecular weight is 282 g/mol. The lowest BCUT2D eigenvalue weighted by Gasteiger charge is -2.23. The van der Waals surface area contributed by atoms with Crippen LogP contribution in [0.15, 0.2) is 6.07 Å². The summed E-state index contributed by atoms with van der Waals surface area (Å²) in [4.78, 5) is 14.5. The SMILES string of the molecule is O=C(NC1CCNCC1)c1cc2c(s1)CCSC2. The van der Waals surface area contributed by atoms with Crippen LogP contribution in [0.5, 0.6) is 0 Å². The van der Waals surface area contributed by atoms with Crippen LogP contribution < -0.4 is 10.6 Å². The Labute approximate surface area is 116 Å². The van der Waals surface area contributed by atoms with Crippen molar-refractivity contribution < 1.29 is 4.79 Å². The van der Waals surface area contributed by atoms with E-state index in [9.17, 15) is 4.79 Å². The number of carbonyl (C=O) groups is 1. The van der Waals surface area contributed by atoms with Crippen molar-refractivity contribution >= 4 is 29.0 Å². The minimum Gasteiger partial charge on any atom is -0.349 e. The number of piperidine rings is 1. The van der Waals surface area contributed by atoms with E-state index in [1.165, 1.54) is 16.2 Å². The van der Waals surface area contributed by atoms with E-state index in [0.29, 0.717) is 6.04 Å². The predicted octanol–water partition coefficient (Wildman–Crippen LogP) is 2.02. The monoisotopic (exact) mass is 282 g/mol. The summed E-state index contributed by atoms with van der Waals surface area (Å²) in [5.74, 6) is 2.40. The van der Waals surface area contributed by atoms with Crippen molar-refractivity contribution in [2.75, 3.05) is 18.8 Å². The molecule has 2 aliphatic rings.